The highest BCUT2D eigenvalue weighted by atomic mass is 16.3. The molecule has 5 unspecified atom stereocenters. The van der Waals surface area contributed by atoms with Gasteiger partial charge >= 0.3 is 0 Å². The predicted octanol–water partition coefficient (Wildman–Crippen LogP) is 2.41. The van der Waals surface area contributed by atoms with Crippen LogP contribution in [0.4, 0.5) is 0 Å². The molecule has 0 amide bonds. The summed E-state index contributed by atoms with van der Waals surface area (Å²) in [6.07, 6.45) is 10.6. The largest absolute Gasteiger partial charge is 0.388 e. The summed E-state index contributed by atoms with van der Waals surface area (Å²) in [5.74, 6) is 2.86. The van der Waals surface area contributed by atoms with Gasteiger partial charge in [0.15, 0.2) is 0 Å². The van der Waals surface area contributed by atoms with Crippen molar-refractivity contribution in [2.75, 3.05) is 13.1 Å². The standard InChI is InChI=1S/C15H25NO/c17-15(5-7-16-6-1-2-14(15)16)10-13-9-11-3-4-12(13)8-11/h11-14,17H,1-10H2. The Bertz CT molecular complexity index is 318. The molecule has 2 nitrogen and oxygen atoms in total. The molecule has 2 heteroatoms. The first-order chi connectivity index (χ1) is 8.24. The van der Waals surface area contributed by atoms with Crippen LogP contribution in [0.15, 0.2) is 0 Å². The third-order valence-corrected chi connectivity index (χ3v) is 6.32. The first kappa shape index (κ1) is 10.8. The zero-order chi connectivity index (χ0) is 11.5. The molecule has 4 fully saturated rings. The van der Waals surface area contributed by atoms with Gasteiger partial charge in [-0.1, -0.05) is 6.42 Å². The highest BCUT2D eigenvalue weighted by molar-refractivity contribution is 5.05. The van der Waals surface area contributed by atoms with E-state index in [0.29, 0.717) is 6.04 Å². The third kappa shape index (κ3) is 1.60. The van der Waals surface area contributed by atoms with Crippen LogP contribution in [0.1, 0.15) is 51.4 Å². The average molecular weight is 235 g/mol. The molecule has 2 heterocycles. The molecule has 2 aliphatic heterocycles. The Morgan fingerprint density at radius 3 is 2.82 bits per heavy atom. The zero-order valence-electron chi connectivity index (χ0n) is 10.8. The summed E-state index contributed by atoms with van der Waals surface area (Å²) in [6, 6.07) is 0.515. The fraction of sp³-hybridized carbons (Fsp3) is 1.00. The minimum absolute atomic E-state index is 0.314. The van der Waals surface area contributed by atoms with Crippen LogP contribution in [0.3, 0.4) is 0 Å². The maximum Gasteiger partial charge on any atom is 0.0817 e. The van der Waals surface area contributed by atoms with Crippen molar-refractivity contribution in [3.63, 3.8) is 0 Å². The average Bonchev–Trinajstić information content (AvgIpc) is 3.03. The van der Waals surface area contributed by atoms with Gasteiger partial charge in [-0.05, 0) is 69.2 Å². The van der Waals surface area contributed by atoms with Crippen molar-refractivity contribution in [3.05, 3.63) is 0 Å². The van der Waals surface area contributed by atoms with Gasteiger partial charge in [0.25, 0.3) is 0 Å². The molecule has 4 rings (SSSR count). The molecule has 4 aliphatic rings. The van der Waals surface area contributed by atoms with E-state index in [1.807, 2.05) is 0 Å². The lowest BCUT2D eigenvalue weighted by molar-refractivity contribution is -0.0152. The van der Waals surface area contributed by atoms with E-state index in [1.54, 1.807) is 0 Å². The Labute approximate surface area is 104 Å². The van der Waals surface area contributed by atoms with Crippen molar-refractivity contribution in [1.82, 2.24) is 4.90 Å². The van der Waals surface area contributed by atoms with E-state index >= 15 is 0 Å². The van der Waals surface area contributed by atoms with E-state index in [-0.39, 0.29) is 5.60 Å². The zero-order valence-corrected chi connectivity index (χ0v) is 10.8. The summed E-state index contributed by atoms with van der Waals surface area (Å²) < 4.78 is 0. The van der Waals surface area contributed by atoms with Crippen molar-refractivity contribution < 1.29 is 5.11 Å². The summed E-state index contributed by atoms with van der Waals surface area (Å²) in [6.45, 7) is 2.39. The second kappa shape index (κ2) is 3.71. The van der Waals surface area contributed by atoms with Crippen molar-refractivity contribution in [1.29, 1.82) is 0 Å². The highest BCUT2D eigenvalue weighted by Crippen LogP contribution is 2.52. The Morgan fingerprint density at radius 2 is 2.06 bits per heavy atom. The number of aliphatic hydroxyl groups is 1. The molecule has 2 saturated carbocycles. The second-order valence-corrected chi connectivity index (χ2v) is 7.19. The van der Waals surface area contributed by atoms with Gasteiger partial charge in [0.1, 0.15) is 0 Å². The number of fused-ring (bicyclic) bond motifs is 3. The van der Waals surface area contributed by atoms with Crippen LogP contribution in [0, 0.1) is 17.8 Å². The van der Waals surface area contributed by atoms with Crippen LogP contribution >= 0.6 is 0 Å². The van der Waals surface area contributed by atoms with Crippen LogP contribution in [-0.2, 0) is 0 Å². The summed E-state index contributed by atoms with van der Waals surface area (Å²) in [5.41, 5.74) is -0.314. The molecule has 2 saturated heterocycles. The molecular formula is C15H25NO. The van der Waals surface area contributed by atoms with Crippen molar-refractivity contribution in [3.8, 4) is 0 Å². The quantitative estimate of drug-likeness (QED) is 0.794. The van der Waals surface area contributed by atoms with E-state index in [9.17, 15) is 5.11 Å². The smallest absolute Gasteiger partial charge is 0.0817 e. The Hall–Kier alpha value is -0.0800. The van der Waals surface area contributed by atoms with E-state index < -0.39 is 0 Å². The molecule has 2 aliphatic carbocycles. The fourth-order valence-corrected chi connectivity index (χ4v) is 5.52. The van der Waals surface area contributed by atoms with Gasteiger partial charge in [-0.3, -0.25) is 4.90 Å². The third-order valence-electron chi connectivity index (χ3n) is 6.32. The van der Waals surface area contributed by atoms with Gasteiger partial charge in [-0.25, -0.2) is 0 Å². The summed E-state index contributed by atoms with van der Waals surface area (Å²) in [4.78, 5) is 2.55. The van der Waals surface area contributed by atoms with Crippen molar-refractivity contribution in [2.45, 2.75) is 63.0 Å². The Balaban J connectivity index is 1.48. The highest BCUT2D eigenvalue weighted by Gasteiger charge is 2.51. The molecule has 96 valence electrons. The monoisotopic (exact) mass is 235 g/mol. The van der Waals surface area contributed by atoms with E-state index in [1.165, 1.54) is 45.1 Å². The summed E-state index contributed by atoms with van der Waals surface area (Å²) in [7, 11) is 0. The van der Waals surface area contributed by atoms with E-state index in [0.717, 1.165) is 37.1 Å². The fourth-order valence-electron chi connectivity index (χ4n) is 5.52. The maximum atomic E-state index is 11.0. The Kier molecular flexibility index (Phi) is 2.36. The molecule has 0 spiro atoms. The SMILES string of the molecule is OC1(CC2CC3CCC2C3)CCN2CCCC21. The van der Waals surface area contributed by atoms with Crippen LogP contribution in [0.2, 0.25) is 0 Å². The van der Waals surface area contributed by atoms with Crippen molar-refractivity contribution in [2.24, 2.45) is 17.8 Å². The molecule has 0 aromatic heterocycles. The summed E-state index contributed by atoms with van der Waals surface area (Å²) in [5, 5.41) is 11.0. The van der Waals surface area contributed by atoms with Crippen molar-refractivity contribution >= 4 is 0 Å². The second-order valence-electron chi connectivity index (χ2n) is 7.19. The predicted molar refractivity (Wildman–Crippen MR) is 67.7 cm³/mol. The van der Waals surface area contributed by atoms with Crippen LogP contribution in [-0.4, -0.2) is 34.7 Å². The first-order valence-corrected chi connectivity index (χ1v) is 7.71. The molecule has 0 radical (unpaired) electrons. The molecular weight excluding hydrogens is 210 g/mol. The van der Waals surface area contributed by atoms with E-state index in [4.69, 9.17) is 0 Å². The maximum absolute atomic E-state index is 11.0. The topological polar surface area (TPSA) is 23.5 Å². The van der Waals surface area contributed by atoms with Gasteiger partial charge in [0, 0.05) is 12.6 Å². The van der Waals surface area contributed by atoms with Gasteiger partial charge in [-0.2, -0.15) is 0 Å². The lowest BCUT2D eigenvalue weighted by Crippen LogP contribution is -2.43. The minimum Gasteiger partial charge on any atom is -0.388 e. The normalized spacial score (nSPS) is 53.5. The lowest BCUT2D eigenvalue weighted by atomic mass is 9.77. The number of rotatable bonds is 2. The molecule has 0 aromatic rings. The number of hydrogen-bond acceptors (Lipinski definition) is 2. The summed E-state index contributed by atoms with van der Waals surface area (Å²) >= 11 is 0. The first-order valence-electron chi connectivity index (χ1n) is 7.71. The Morgan fingerprint density at radius 1 is 1.12 bits per heavy atom. The molecule has 2 bridgehead atoms. The van der Waals surface area contributed by atoms with Gasteiger partial charge in [0.2, 0.25) is 0 Å². The van der Waals surface area contributed by atoms with Crippen LogP contribution in [0.5, 0.6) is 0 Å². The van der Waals surface area contributed by atoms with Crippen LogP contribution < -0.4 is 0 Å². The molecule has 5 atom stereocenters. The number of hydrogen-bond donors (Lipinski definition) is 1. The van der Waals surface area contributed by atoms with Gasteiger partial charge in [-0.15, -0.1) is 0 Å². The molecule has 0 aromatic carbocycles. The molecule has 17 heavy (non-hydrogen) atoms. The molecule has 1 N–H and O–H groups in total. The van der Waals surface area contributed by atoms with Crippen LogP contribution in [0.25, 0.3) is 0 Å². The van der Waals surface area contributed by atoms with E-state index in [2.05, 4.69) is 4.90 Å². The van der Waals surface area contributed by atoms with Gasteiger partial charge < -0.3 is 5.11 Å². The minimum atomic E-state index is -0.314. The van der Waals surface area contributed by atoms with Gasteiger partial charge in [0.05, 0.1) is 5.60 Å². The lowest BCUT2D eigenvalue weighted by Gasteiger charge is -2.35. The number of nitrogens with zero attached hydrogens (tertiary/aromatic N) is 1.